The Morgan fingerprint density at radius 2 is 1.68 bits per heavy atom. The summed E-state index contributed by atoms with van der Waals surface area (Å²) in [6, 6.07) is 0. The molecule has 0 saturated carbocycles. The molecule has 0 unspecified atom stereocenters. The van der Waals surface area contributed by atoms with Crippen molar-refractivity contribution >= 4 is 46.2 Å². The third kappa shape index (κ3) is 7.03. The van der Waals surface area contributed by atoms with Gasteiger partial charge in [-0.2, -0.15) is 13.1 Å². The van der Waals surface area contributed by atoms with Crippen molar-refractivity contribution in [2.24, 2.45) is 0 Å². The van der Waals surface area contributed by atoms with Crippen LogP contribution < -0.4 is 4.74 Å². The van der Waals surface area contributed by atoms with Gasteiger partial charge in [0, 0.05) is 33.3 Å². The zero-order chi connectivity index (χ0) is 22.1. The Morgan fingerprint density at radius 3 is 2.35 bits per heavy atom. The molecule has 170 valence electrons. The van der Waals surface area contributed by atoms with E-state index in [0.717, 1.165) is 57.0 Å². The van der Waals surface area contributed by atoms with Crippen molar-refractivity contribution in [2.75, 3.05) is 60.1 Å². The normalized spacial score (nSPS) is 17.5. The Hall–Kier alpha value is -1.43. The molecule has 2 aromatic rings. The first-order valence-corrected chi connectivity index (χ1v) is 12.2. The molecular formula is C20H29ClN6O2S2. The molecule has 0 bridgehead atoms. The zero-order valence-corrected chi connectivity index (χ0v) is 20.6. The Kier molecular flexibility index (Phi) is 9.82. The SMILES string of the molecule is CCN1CCC=C(c2nsnc2Cl)C1.COCCOc1nsnc1C1=CCCN(C)C1. The number of ether oxygens (including phenoxy) is 2. The number of aromatic nitrogens is 4. The molecule has 8 nitrogen and oxygen atoms in total. The molecule has 2 aliphatic heterocycles. The van der Waals surface area contributed by atoms with Crippen LogP contribution in [0.2, 0.25) is 5.15 Å². The lowest BCUT2D eigenvalue weighted by atomic mass is 10.1. The molecule has 4 rings (SSSR count). The summed E-state index contributed by atoms with van der Waals surface area (Å²) in [4.78, 5) is 4.65. The van der Waals surface area contributed by atoms with Crippen molar-refractivity contribution in [2.45, 2.75) is 19.8 Å². The second kappa shape index (κ2) is 12.6. The van der Waals surface area contributed by atoms with E-state index >= 15 is 0 Å². The fourth-order valence-corrected chi connectivity index (χ4v) is 4.70. The van der Waals surface area contributed by atoms with Gasteiger partial charge < -0.3 is 14.4 Å². The minimum absolute atomic E-state index is 0.512. The first-order valence-electron chi connectivity index (χ1n) is 10.3. The first kappa shape index (κ1) is 24.2. The fourth-order valence-electron chi connectivity index (χ4n) is 3.37. The third-order valence-corrected chi connectivity index (χ3v) is 6.46. The van der Waals surface area contributed by atoms with E-state index in [0.29, 0.717) is 24.2 Å². The summed E-state index contributed by atoms with van der Waals surface area (Å²) >= 11 is 8.31. The summed E-state index contributed by atoms with van der Waals surface area (Å²) in [5, 5.41) is 0.541. The maximum Gasteiger partial charge on any atom is 0.253 e. The average Bonchev–Trinajstić information content (AvgIpc) is 3.43. The van der Waals surface area contributed by atoms with E-state index in [1.165, 1.54) is 34.6 Å². The number of likely N-dealkylation sites (N-methyl/N-ethyl adjacent to an activating group) is 2. The quantitative estimate of drug-likeness (QED) is 0.552. The lowest BCUT2D eigenvalue weighted by Gasteiger charge is -2.24. The van der Waals surface area contributed by atoms with Crippen molar-refractivity contribution in [3.63, 3.8) is 0 Å². The van der Waals surface area contributed by atoms with Gasteiger partial charge in [0.05, 0.1) is 30.1 Å². The van der Waals surface area contributed by atoms with Gasteiger partial charge in [0.15, 0.2) is 5.15 Å². The van der Waals surface area contributed by atoms with Crippen molar-refractivity contribution < 1.29 is 9.47 Å². The number of hydrogen-bond donors (Lipinski definition) is 0. The van der Waals surface area contributed by atoms with E-state index in [-0.39, 0.29) is 0 Å². The van der Waals surface area contributed by atoms with E-state index in [1.54, 1.807) is 7.11 Å². The highest BCUT2D eigenvalue weighted by atomic mass is 35.5. The second-order valence-electron chi connectivity index (χ2n) is 7.31. The molecule has 0 fully saturated rings. The maximum atomic E-state index is 5.94. The molecule has 0 amide bonds. The topological polar surface area (TPSA) is 76.5 Å². The number of rotatable bonds is 7. The largest absolute Gasteiger partial charge is 0.473 e. The van der Waals surface area contributed by atoms with E-state index in [2.05, 4.69) is 53.4 Å². The van der Waals surface area contributed by atoms with Crippen LogP contribution in [-0.2, 0) is 4.74 Å². The van der Waals surface area contributed by atoms with E-state index in [4.69, 9.17) is 21.1 Å². The summed E-state index contributed by atoms with van der Waals surface area (Å²) in [5.74, 6) is 0.633. The van der Waals surface area contributed by atoms with Crippen LogP contribution in [-0.4, -0.2) is 87.4 Å². The van der Waals surface area contributed by atoms with Gasteiger partial charge >= 0.3 is 0 Å². The standard InChI is InChI=1S/C11H17N3O2S.C9H12ClN3S/c1-14-5-3-4-9(8-14)10-11(13-17-12-10)16-7-6-15-2;1-2-13-5-3-4-7(6-13)8-9(10)12-14-11-8/h4H,3,5-8H2,1-2H3;4H,2-3,5-6H2,1H3. The van der Waals surface area contributed by atoms with Gasteiger partial charge in [0.2, 0.25) is 0 Å². The first-order chi connectivity index (χ1) is 15.1. The van der Waals surface area contributed by atoms with E-state index < -0.39 is 0 Å². The lowest BCUT2D eigenvalue weighted by molar-refractivity contribution is 0.144. The molecule has 31 heavy (non-hydrogen) atoms. The van der Waals surface area contributed by atoms with Crippen LogP contribution in [0.15, 0.2) is 12.2 Å². The highest BCUT2D eigenvalue weighted by molar-refractivity contribution is 6.99. The summed E-state index contributed by atoms with van der Waals surface area (Å²) in [6.07, 6.45) is 6.58. The van der Waals surface area contributed by atoms with Gasteiger partial charge in [-0.25, -0.2) is 0 Å². The number of halogens is 1. The second-order valence-corrected chi connectivity index (χ2v) is 8.72. The Balaban J connectivity index is 0.000000179. The summed E-state index contributed by atoms with van der Waals surface area (Å²) < 4.78 is 27.2. The van der Waals surface area contributed by atoms with Crippen LogP contribution in [0.5, 0.6) is 5.88 Å². The maximum absolute atomic E-state index is 5.94. The third-order valence-electron chi connectivity index (χ3n) is 5.06. The molecule has 4 heterocycles. The molecule has 2 aromatic heterocycles. The Labute approximate surface area is 197 Å². The van der Waals surface area contributed by atoms with Gasteiger partial charge in [-0.15, -0.1) is 4.37 Å². The summed E-state index contributed by atoms with van der Waals surface area (Å²) in [6.45, 7) is 8.41. The lowest BCUT2D eigenvalue weighted by Crippen LogP contribution is -2.29. The van der Waals surface area contributed by atoms with Crippen LogP contribution in [0.1, 0.15) is 31.2 Å². The van der Waals surface area contributed by atoms with Crippen LogP contribution in [0.4, 0.5) is 0 Å². The number of methoxy groups -OCH3 is 1. The van der Waals surface area contributed by atoms with Crippen LogP contribution >= 0.6 is 35.1 Å². The van der Waals surface area contributed by atoms with E-state index in [1.807, 2.05) is 0 Å². The minimum Gasteiger partial charge on any atom is -0.473 e. The van der Waals surface area contributed by atoms with Gasteiger partial charge in [0.25, 0.3) is 5.88 Å². The summed E-state index contributed by atoms with van der Waals surface area (Å²) in [5.41, 5.74) is 4.18. The number of nitrogens with zero attached hydrogens (tertiary/aromatic N) is 6. The van der Waals surface area contributed by atoms with E-state index in [9.17, 15) is 0 Å². The predicted octanol–water partition coefficient (Wildman–Crippen LogP) is 3.58. The van der Waals surface area contributed by atoms with Crippen molar-refractivity contribution in [3.05, 3.63) is 28.7 Å². The Bertz CT molecular complexity index is 885. The molecule has 11 heteroatoms. The Morgan fingerprint density at radius 1 is 0.968 bits per heavy atom. The number of hydrogen-bond acceptors (Lipinski definition) is 10. The van der Waals surface area contributed by atoms with Crippen molar-refractivity contribution in [3.8, 4) is 5.88 Å². The molecule has 0 atom stereocenters. The fraction of sp³-hybridized carbons (Fsp3) is 0.600. The molecule has 0 aliphatic carbocycles. The molecule has 0 saturated heterocycles. The van der Waals surface area contributed by atoms with Crippen LogP contribution in [0.25, 0.3) is 11.1 Å². The molecule has 0 aromatic carbocycles. The smallest absolute Gasteiger partial charge is 0.253 e. The van der Waals surface area contributed by atoms with Gasteiger partial charge in [-0.1, -0.05) is 30.7 Å². The zero-order valence-electron chi connectivity index (χ0n) is 18.2. The molecule has 0 radical (unpaired) electrons. The molecule has 0 spiro atoms. The molecule has 2 aliphatic rings. The molecule has 0 N–H and O–H groups in total. The van der Waals surface area contributed by atoms with Gasteiger partial charge in [-0.05, 0) is 37.6 Å². The van der Waals surface area contributed by atoms with Crippen LogP contribution in [0.3, 0.4) is 0 Å². The highest BCUT2D eigenvalue weighted by Crippen LogP contribution is 2.27. The average molecular weight is 485 g/mol. The van der Waals surface area contributed by atoms with Crippen LogP contribution in [0, 0.1) is 0 Å². The van der Waals surface area contributed by atoms with Gasteiger partial charge in [0.1, 0.15) is 18.0 Å². The van der Waals surface area contributed by atoms with Crippen molar-refractivity contribution in [1.29, 1.82) is 0 Å². The minimum atomic E-state index is 0.512. The van der Waals surface area contributed by atoms with Crippen molar-refractivity contribution in [1.82, 2.24) is 27.3 Å². The highest BCUT2D eigenvalue weighted by Gasteiger charge is 2.18. The van der Waals surface area contributed by atoms with Gasteiger partial charge in [-0.3, -0.25) is 4.90 Å². The predicted molar refractivity (Wildman–Crippen MR) is 127 cm³/mol. The monoisotopic (exact) mass is 484 g/mol. The summed E-state index contributed by atoms with van der Waals surface area (Å²) in [7, 11) is 3.76. The molecular weight excluding hydrogens is 456 g/mol.